The SMILES string of the molecule is CC(C)C(NC(=O)CNC(=O)C(Cc1ccc(O)cc1)NC(=O)C(N)CS)C(=O)O. The topological polar surface area (TPSA) is 171 Å². The lowest BCUT2D eigenvalue weighted by atomic mass is 10.0. The number of benzene rings is 1. The number of hydrogen-bond acceptors (Lipinski definition) is 7. The second-order valence-corrected chi connectivity index (χ2v) is 7.43. The van der Waals surface area contributed by atoms with Gasteiger partial charge in [0.05, 0.1) is 12.6 Å². The van der Waals surface area contributed by atoms with E-state index in [2.05, 4.69) is 28.6 Å². The highest BCUT2D eigenvalue weighted by molar-refractivity contribution is 7.80. The molecule has 0 heterocycles. The molecule has 10 nitrogen and oxygen atoms in total. The molecule has 11 heteroatoms. The van der Waals surface area contributed by atoms with E-state index >= 15 is 0 Å². The molecule has 0 spiro atoms. The van der Waals surface area contributed by atoms with Crippen LogP contribution in [0.25, 0.3) is 0 Å². The van der Waals surface area contributed by atoms with Gasteiger partial charge < -0.3 is 31.9 Å². The van der Waals surface area contributed by atoms with Gasteiger partial charge in [0, 0.05) is 12.2 Å². The Morgan fingerprint density at radius 2 is 1.67 bits per heavy atom. The van der Waals surface area contributed by atoms with E-state index in [1.54, 1.807) is 26.0 Å². The van der Waals surface area contributed by atoms with Gasteiger partial charge >= 0.3 is 5.97 Å². The molecule has 1 aromatic carbocycles. The quantitative estimate of drug-likeness (QED) is 0.217. The summed E-state index contributed by atoms with van der Waals surface area (Å²) in [6.45, 7) is 2.83. The van der Waals surface area contributed by atoms with E-state index in [1.165, 1.54) is 12.1 Å². The molecule has 0 radical (unpaired) electrons. The Morgan fingerprint density at radius 3 is 2.17 bits per heavy atom. The molecule has 0 bridgehead atoms. The van der Waals surface area contributed by atoms with Crippen LogP contribution < -0.4 is 21.7 Å². The van der Waals surface area contributed by atoms with Crippen molar-refractivity contribution in [1.29, 1.82) is 0 Å². The predicted octanol–water partition coefficient (Wildman–Crippen LogP) is -0.982. The van der Waals surface area contributed by atoms with Crippen molar-refractivity contribution in [2.24, 2.45) is 11.7 Å². The lowest BCUT2D eigenvalue weighted by Gasteiger charge is -2.21. The van der Waals surface area contributed by atoms with Gasteiger partial charge in [-0.1, -0.05) is 26.0 Å². The highest BCUT2D eigenvalue weighted by Gasteiger charge is 2.26. The smallest absolute Gasteiger partial charge is 0.326 e. The van der Waals surface area contributed by atoms with E-state index in [4.69, 9.17) is 10.8 Å². The summed E-state index contributed by atoms with van der Waals surface area (Å²) in [6.07, 6.45) is 0.0858. The highest BCUT2D eigenvalue weighted by atomic mass is 32.1. The molecule has 0 aliphatic heterocycles. The molecule has 0 saturated heterocycles. The van der Waals surface area contributed by atoms with Crippen LogP contribution in [0.5, 0.6) is 5.75 Å². The van der Waals surface area contributed by atoms with Crippen LogP contribution in [-0.4, -0.2) is 64.3 Å². The van der Waals surface area contributed by atoms with Gasteiger partial charge in [0.15, 0.2) is 0 Å². The summed E-state index contributed by atoms with van der Waals surface area (Å²) in [5.74, 6) is -3.29. The van der Waals surface area contributed by atoms with Gasteiger partial charge in [-0.05, 0) is 23.6 Å². The fourth-order valence-corrected chi connectivity index (χ4v) is 2.63. The van der Waals surface area contributed by atoms with Crippen LogP contribution in [0.4, 0.5) is 0 Å². The zero-order valence-corrected chi connectivity index (χ0v) is 17.7. The fourth-order valence-electron chi connectivity index (χ4n) is 2.47. The molecule has 3 atom stereocenters. The van der Waals surface area contributed by atoms with Crippen LogP contribution in [-0.2, 0) is 25.6 Å². The Bertz CT molecular complexity index is 756. The van der Waals surface area contributed by atoms with Crippen molar-refractivity contribution in [2.45, 2.75) is 38.4 Å². The second kappa shape index (κ2) is 12.0. The molecule has 0 fully saturated rings. The van der Waals surface area contributed by atoms with Crippen LogP contribution in [0.2, 0.25) is 0 Å². The number of nitrogens with one attached hydrogen (secondary N) is 3. The molecule has 7 N–H and O–H groups in total. The number of thiol groups is 1. The number of carboxylic acid groups (broad SMARTS) is 1. The third-order valence-corrected chi connectivity index (χ3v) is 4.61. The maximum atomic E-state index is 12.6. The minimum Gasteiger partial charge on any atom is -0.508 e. The van der Waals surface area contributed by atoms with Crippen LogP contribution >= 0.6 is 12.6 Å². The van der Waals surface area contributed by atoms with E-state index in [1.807, 2.05) is 0 Å². The predicted molar refractivity (Wildman–Crippen MR) is 113 cm³/mol. The molecule has 1 aromatic rings. The number of carbonyl (C=O) groups is 4. The average Bonchev–Trinajstić information content (AvgIpc) is 2.69. The summed E-state index contributed by atoms with van der Waals surface area (Å²) in [6, 6.07) is 3.01. The third-order valence-electron chi connectivity index (χ3n) is 4.21. The first-order valence-corrected chi connectivity index (χ1v) is 9.93. The van der Waals surface area contributed by atoms with E-state index in [0.29, 0.717) is 5.56 Å². The largest absolute Gasteiger partial charge is 0.508 e. The number of phenolic OH excluding ortho intramolecular Hbond substituents is 1. The molecule has 3 amide bonds. The summed E-state index contributed by atoms with van der Waals surface area (Å²) >= 11 is 3.96. The second-order valence-electron chi connectivity index (χ2n) is 7.07. The molecule has 3 unspecified atom stereocenters. The number of rotatable bonds is 11. The molecular formula is C19H28N4O6S. The summed E-state index contributed by atoms with van der Waals surface area (Å²) in [5, 5.41) is 25.8. The van der Waals surface area contributed by atoms with Crippen LogP contribution in [0.15, 0.2) is 24.3 Å². The van der Waals surface area contributed by atoms with Gasteiger partial charge in [-0.3, -0.25) is 14.4 Å². The lowest BCUT2D eigenvalue weighted by Crippen LogP contribution is -2.54. The Balaban J connectivity index is 2.80. The number of amides is 3. The number of phenols is 1. The minimum atomic E-state index is -1.18. The van der Waals surface area contributed by atoms with Crippen molar-refractivity contribution in [3.8, 4) is 5.75 Å². The molecule has 30 heavy (non-hydrogen) atoms. The van der Waals surface area contributed by atoms with Gasteiger partial charge in [-0.2, -0.15) is 12.6 Å². The number of aromatic hydroxyl groups is 1. The maximum Gasteiger partial charge on any atom is 0.326 e. The van der Waals surface area contributed by atoms with Gasteiger partial charge in [-0.15, -0.1) is 0 Å². The zero-order valence-electron chi connectivity index (χ0n) is 16.8. The fraction of sp³-hybridized carbons (Fsp3) is 0.474. The summed E-state index contributed by atoms with van der Waals surface area (Å²) in [7, 11) is 0. The summed E-state index contributed by atoms with van der Waals surface area (Å²) < 4.78 is 0. The molecule has 0 aliphatic carbocycles. The Kier molecular flexibility index (Phi) is 10.1. The number of nitrogens with two attached hydrogens (primary N) is 1. The maximum absolute atomic E-state index is 12.6. The van der Waals surface area contributed by atoms with Crippen molar-refractivity contribution in [2.75, 3.05) is 12.3 Å². The highest BCUT2D eigenvalue weighted by Crippen LogP contribution is 2.11. The van der Waals surface area contributed by atoms with Crippen LogP contribution in [0.3, 0.4) is 0 Å². The molecule has 0 aromatic heterocycles. The Hall–Kier alpha value is -2.79. The minimum absolute atomic E-state index is 0.0516. The first-order chi connectivity index (χ1) is 14.0. The molecule has 0 aliphatic rings. The van der Waals surface area contributed by atoms with Gasteiger partial charge in [-0.25, -0.2) is 4.79 Å². The lowest BCUT2D eigenvalue weighted by molar-refractivity contribution is -0.143. The standard InChI is InChI=1S/C19H28N4O6S/c1-10(2)16(19(28)29)23-15(25)8-21-18(27)14(22-17(26)13(20)9-30)7-11-3-5-12(24)6-4-11/h3-6,10,13-14,16,24,30H,7-9,20H2,1-2H3,(H,21,27)(H,22,26)(H,23,25)(H,28,29). The van der Waals surface area contributed by atoms with Crippen molar-refractivity contribution in [3.63, 3.8) is 0 Å². The van der Waals surface area contributed by atoms with E-state index < -0.39 is 48.4 Å². The summed E-state index contributed by atoms with van der Waals surface area (Å²) in [4.78, 5) is 47.9. The van der Waals surface area contributed by atoms with Gasteiger partial charge in [0.2, 0.25) is 17.7 Å². The van der Waals surface area contributed by atoms with E-state index in [0.717, 1.165) is 0 Å². The van der Waals surface area contributed by atoms with Crippen LogP contribution in [0, 0.1) is 5.92 Å². The molecule has 0 saturated carbocycles. The van der Waals surface area contributed by atoms with Crippen molar-refractivity contribution in [1.82, 2.24) is 16.0 Å². The van der Waals surface area contributed by atoms with Crippen molar-refractivity contribution in [3.05, 3.63) is 29.8 Å². The Morgan fingerprint density at radius 1 is 1.07 bits per heavy atom. The first-order valence-electron chi connectivity index (χ1n) is 9.29. The zero-order chi connectivity index (χ0) is 22.8. The number of carbonyl (C=O) groups excluding carboxylic acids is 3. The van der Waals surface area contributed by atoms with Crippen molar-refractivity contribution >= 4 is 36.3 Å². The normalized spacial score (nSPS) is 13.8. The number of carboxylic acids is 1. The summed E-state index contributed by atoms with van der Waals surface area (Å²) in [5.41, 5.74) is 6.29. The van der Waals surface area contributed by atoms with E-state index in [-0.39, 0.29) is 23.8 Å². The molecule has 166 valence electrons. The monoisotopic (exact) mass is 440 g/mol. The van der Waals surface area contributed by atoms with Gasteiger partial charge in [0.25, 0.3) is 0 Å². The number of aliphatic carboxylic acids is 1. The average molecular weight is 441 g/mol. The number of hydrogen-bond donors (Lipinski definition) is 7. The first kappa shape index (κ1) is 25.2. The van der Waals surface area contributed by atoms with E-state index in [9.17, 15) is 24.3 Å². The van der Waals surface area contributed by atoms with Gasteiger partial charge in [0.1, 0.15) is 17.8 Å². The third kappa shape index (κ3) is 8.29. The van der Waals surface area contributed by atoms with Crippen LogP contribution in [0.1, 0.15) is 19.4 Å². The van der Waals surface area contributed by atoms with Crippen molar-refractivity contribution < 1.29 is 29.4 Å². The Labute approximate surface area is 180 Å². The molecule has 1 rings (SSSR count). The molecular weight excluding hydrogens is 412 g/mol.